The van der Waals surface area contributed by atoms with Crippen LogP contribution in [-0.4, -0.2) is 33.4 Å². The van der Waals surface area contributed by atoms with Crippen LogP contribution in [0.25, 0.3) is 0 Å². The number of halogens is 1. The topological polar surface area (TPSA) is 86.1 Å². The van der Waals surface area contributed by atoms with Crippen LogP contribution in [0, 0.1) is 17.7 Å². The van der Waals surface area contributed by atoms with Gasteiger partial charge in [-0.25, -0.2) is 9.07 Å². The van der Waals surface area contributed by atoms with Gasteiger partial charge in [0.25, 0.3) is 0 Å². The Morgan fingerprint density at radius 1 is 1.24 bits per heavy atom. The van der Waals surface area contributed by atoms with Gasteiger partial charge in [-0.2, -0.15) is 0 Å². The van der Waals surface area contributed by atoms with Crippen LogP contribution in [0.2, 0.25) is 0 Å². The maximum atomic E-state index is 14.3. The summed E-state index contributed by atoms with van der Waals surface area (Å²) in [6.45, 7) is 3.42. The number of carbonyl (C=O) groups excluding carboxylic acids is 2. The quantitative estimate of drug-likeness (QED) is 0.343. The van der Waals surface area contributed by atoms with Crippen molar-refractivity contribution in [2.75, 3.05) is 6.61 Å². The largest absolute Gasteiger partial charge is 0.490 e. The van der Waals surface area contributed by atoms with Crippen molar-refractivity contribution in [3.05, 3.63) is 41.5 Å². The van der Waals surface area contributed by atoms with Crippen LogP contribution in [0.5, 0.6) is 5.75 Å². The summed E-state index contributed by atoms with van der Waals surface area (Å²) in [4.78, 5) is 23.2. The third-order valence-electron chi connectivity index (χ3n) is 6.92. The lowest BCUT2D eigenvalue weighted by molar-refractivity contribution is -0.136. The number of rotatable bonds is 13. The molecular formula is C26H35FN4O3. The first-order valence-corrected chi connectivity index (χ1v) is 12.7. The van der Waals surface area contributed by atoms with E-state index in [0.29, 0.717) is 37.7 Å². The Morgan fingerprint density at radius 2 is 2.09 bits per heavy atom. The van der Waals surface area contributed by atoms with Gasteiger partial charge >= 0.3 is 0 Å². The molecule has 2 amide bonds. The summed E-state index contributed by atoms with van der Waals surface area (Å²) in [6.07, 6.45) is 10.7. The van der Waals surface area contributed by atoms with Gasteiger partial charge in [-0.3, -0.25) is 14.9 Å². The predicted octanol–water partition coefficient (Wildman–Crippen LogP) is 4.56. The van der Waals surface area contributed by atoms with Gasteiger partial charge < -0.3 is 4.74 Å². The summed E-state index contributed by atoms with van der Waals surface area (Å²) in [5.41, 5.74) is 2.13. The van der Waals surface area contributed by atoms with Crippen molar-refractivity contribution in [1.29, 1.82) is 0 Å². The number of nitrogens with one attached hydrogen (secondary N) is 1. The van der Waals surface area contributed by atoms with Gasteiger partial charge in [-0.1, -0.05) is 31.0 Å². The minimum atomic E-state index is -0.308. The average Bonchev–Trinajstić information content (AvgIpc) is 3.55. The van der Waals surface area contributed by atoms with E-state index in [1.807, 2.05) is 23.0 Å². The van der Waals surface area contributed by atoms with Gasteiger partial charge in [0, 0.05) is 24.8 Å². The lowest BCUT2D eigenvalue weighted by Gasteiger charge is -2.20. The zero-order valence-corrected chi connectivity index (χ0v) is 20.0. The first kappa shape index (κ1) is 24.4. The molecule has 0 spiro atoms. The molecule has 34 heavy (non-hydrogen) atoms. The zero-order valence-electron chi connectivity index (χ0n) is 20.0. The Hall–Kier alpha value is -2.77. The predicted molar refractivity (Wildman–Crippen MR) is 126 cm³/mol. The highest BCUT2D eigenvalue weighted by Crippen LogP contribution is 2.32. The van der Waals surface area contributed by atoms with E-state index >= 15 is 0 Å². The minimum absolute atomic E-state index is 0.0653. The summed E-state index contributed by atoms with van der Waals surface area (Å²) in [7, 11) is 0. The first-order valence-electron chi connectivity index (χ1n) is 12.7. The van der Waals surface area contributed by atoms with E-state index in [2.05, 4.69) is 22.6 Å². The van der Waals surface area contributed by atoms with Gasteiger partial charge in [-0.15, -0.1) is 5.10 Å². The number of nitrogens with zero attached hydrogens (tertiary/aromatic N) is 3. The third-order valence-corrected chi connectivity index (χ3v) is 6.92. The molecule has 1 N–H and O–H groups in total. The summed E-state index contributed by atoms with van der Waals surface area (Å²) in [5.74, 6) is 0.435. The molecule has 1 saturated heterocycles. The second-order valence-corrected chi connectivity index (χ2v) is 9.73. The molecule has 2 atom stereocenters. The van der Waals surface area contributed by atoms with Crippen molar-refractivity contribution in [3.63, 3.8) is 0 Å². The molecule has 1 aliphatic carbocycles. The van der Waals surface area contributed by atoms with E-state index in [-0.39, 0.29) is 29.5 Å². The van der Waals surface area contributed by atoms with Crippen LogP contribution >= 0.6 is 0 Å². The molecule has 4 rings (SSSR count). The lowest BCUT2D eigenvalue weighted by atomic mass is 9.92. The number of aromatic nitrogens is 3. The van der Waals surface area contributed by atoms with Crippen LogP contribution in [0.4, 0.5) is 4.39 Å². The highest BCUT2D eigenvalue weighted by Gasteiger charge is 2.26. The summed E-state index contributed by atoms with van der Waals surface area (Å²) < 4.78 is 22.0. The van der Waals surface area contributed by atoms with E-state index in [0.717, 1.165) is 49.8 Å². The van der Waals surface area contributed by atoms with Crippen molar-refractivity contribution in [3.8, 4) is 5.75 Å². The average molecular weight is 471 g/mol. The molecule has 7 nitrogen and oxygen atoms in total. The standard InChI is InChI=1S/C26H35FN4O3/c1-2-5-21(20-10-12-23(27)24(14-20)34-17-18-8-9-18)16-31-22(15-28-30-31)7-4-3-6-19-11-13-25(32)29-26(19)33/h10,12,14-15,18-19,21H,2-9,11,13,16-17H2,1H3,(H,29,32,33). The van der Waals surface area contributed by atoms with E-state index in [4.69, 9.17) is 4.74 Å². The fourth-order valence-corrected chi connectivity index (χ4v) is 4.63. The molecule has 0 bridgehead atoms. The number of aryl methyl sites for hydroxylation is 1. The van der Waals surface area contributed by atoms with Crippen LogP contribution in [-0.2, 0) is 22.6 Å². The van der Waals surface area contributed by atoms with Crippen molar-refractivity contribution in [2.24, 2.45) is 11.8 Å². The molecule has 1 aromatic carbocycles. The number of imide groups is 1. The molecule has 1 aliphatic heterocycles. The normalized spacial score (nSPS) is 19.2. The minimum Gasteiger partial charge on any atom is -0.490 e. The fourth-order valence-electron chi connectivity index (χ4n) is 4.63. The van der Waals surface area contributed by atoms with E-state index in [1.54, 1.807) is 0 Å². The monoisotopic (exact) mass is 470 g/mol. The maximum absolute atomic E-state index is 14.3. The number of piperidine rings is 1. The summed E-state index contributed by atoms with van der Waals surface area (Å²) in [6, 6.07) is 5.22. The van der Waals surface area contributed by atoms with Gasteiger partial charge in [0.15, 0.2) is 11.6 Å². The van der Waals surface area contributed by atoms with Gasteiger partial charge in [-0.05, 0) is 68.6 Å². The smallest absolute Gasteiger partial charge is 0.229 e. The first-order chi connectivity index (χ1) is 16.5. The number of ether oxygens (including phenoxy) is 1. The number of hydrogen-bond donors (Lipinski definition) is 1. The van der Waals surface area contributed by atoms with Crippen LogP contribution in [0.3, 0.4) is 0 Å². The second kappa shape index (κ2) is 11.6. The number of benzene rings is 1. The van der Waals surface area contributed by atoms with Crippen molar-refractivity contribution >= 4 is 11.8 Å². The number of amides is 2. The second-order valence-electron chi connectivity index (χ2n) is 9.73. The molecule has 2 aromatic rings. The van der Waals surface area contributed by atoms with Crippen molar-refractivity contribution < 1.29 is 18.7 Å². The van der Waals surface area contributed by atoms with Gasteiger partial charge in [0.05, 0.1) is 18.5 Å². The van der Waals surface area contributed by atoms with E-state index < -0.39 is 0 Å². The highest BCUT2D eigenvalue weighted by atomic mass is 19.1. The van der Waals surface area contributed by atoms with Gasteiger partial charge in [0.1, 0.15) is 0 Å². The molecule has 2 fully saturated rings. The van der Waals surface area contributed by atoms with Crippen LogP contribution < -0.4 is 10.1 Å². The molecule has 2 unspecified atom stereocenters. The molecule has 1 aromatic heterocycles. The zero-order chi connectivity index (χ0) is 23.9. The molecule has 1 saturated carbocycles. The van der Waals surface area contributed by atoms with Crippen molar-refractivity contribution in [1.82, 2.24) is 20.3 Å². The van der Waals surface area contributed by atoms with Crippen LogP contribution in [0.1, 0.15) is 81.9 Å². The molecule has 2 aliphatic rings. The number of hydrogen-bond acceptors (Lipinski definition) is 5. The lowest BCUT2D eigenvalue weighted by Crippen LogP contribution is -2.40. The fraction of sp³-hybridized carbons (Fsp3) is 0.615. The van der Waals surface area contributed by atoms with Crippen LogP contribution in [0.15, 0.2) is 24.4 Å². The Morgan fingerprint density at radius 3 is 2.85 bits per heavy atom. The SMILES string of the molecule is CCCC(Cn1nncc1CCCCC1CCC(=O)NC1=O)c1ccc(F)c(OCC2CC2)c1. The molecule has 0 radical (unpaired) electrons. The number of unbranched alkanes of at least 4 members (excludes halogenated alkanes) is 1. The maximum Gasteiger partial charge on any atom is 0.229 e. The van der Waals surface area contributed by atoms with Crippen molar-refractivity contribution in [2.45, 2.75) is 83.6 Å². The molecule has 2 heterocycles. The summed E-state index contributed by atoms with van der Waals surface area (Å²) >= 11 is 0. The Balaban J connectivity index is 1.33. The summed E-state index contributed by atoms with van der Waals surface area (Å²) in [5, 5.41) is 10.9. The van der Waals surface area contributed by atoms with E-state index in [9.17, 15) is 14.0 Å². The third kappa shape index (κ3) is 6.64. The van der Waals surface area contributed by atoms with Gasteiger partial charge in [0.2, 0.25) is 11.8 Å². The number of carbonyl (C=O) groups is 2. The Bertz CT molecular complexity index is 988. The highest BCUT2D eigenvalue weighted by molar-refractivity contribution is 5.98. The Kier molecular flexibility index (Phi) is 8.29. The molecular weight excluding hydrogens is 435 g/mol. The molecule has 184 valence electrons. The van der Waals surface area contributed by atoms with E-state index in [1.165, 1.54) is 18.9 Å². The Labute approximate surface area is 200 Å². The molecule has 8 heteroatoms.